The smallest absolute Gasteiger partial charge is 0.273 e. The van der Waals surface area contributed by atoms with E-state index in [4.69, 9.17) is 16.1 Å². The molecule has 6 nitrogen and oxygen atoms in total. The minimum Gasteiger partial charge on any atom is -0.334 e. The summed E-state index contributed by atoms with van der Waals surface area (Å²) in [7, 11) is 0. The number of aromatic nitrogens is 2. The minimum absolute atomic E-state index is 0.0174. The van der Waals surface area contributed by atoms with Crippen LogP contribution in [-0.4, -0.2) is 15.1 Å². The SMILES string of the molecule is Cc1ccc(-c2nc(-c3ccc(Cl)cc3)no2)cc1[N+](=O)[O-]. The average molecular weight is 316 g/mol. The van der Waals surface area contributed by atoms with Gasteiger partial charge in [0.15, 0.2) is 0 Å². The van der Waals surface area contributed by atoms with Crippen molar-refractivity contribution in [1.82, 2.24) is 10.1 Å². The molecule has 110 valence electrons. The van der Waals surface area contributed by atoms with Gasteiger partial charge in [-0.2, -0.15) is 4.98 Å². The molecule has 0 amide bonds. The highest BCUT2D eigenvalue weighted by molar-refractivity contribution is 6.30. The molecular formula is C15H10ClN3O3. The largest absolute Gasteiger partial charge is 0.334 e. The topological polar surface area (TPSA) is 82.1 Å². The lowest BCUT2D eigenvalue weighted by Crippen LogP contribution is -1.92. The highest BCUT2D eigenvalue weighted by Crippen LogP contribution is 2.27. The van der Waals surface area contributed by atoms with Crippen LogP contribution in [0.4, 0.5) is 5.69 Å². The van der Waals surface area contributed by atoms with Gasteiger partial charge in [-0.05, 0) is 37.3 Å². The first-order valence-electron chi connectivity index (χ1n) is 6.39. The van der Waals surface area contributed by atoms with Crippen molar-refractivity contribution in [2.24, 2.45) is 0 Å². The molecule has 1 heterocycles. The lowest BCUT2D eigenvalue weighted by Gasteiger charge is -1.98. The number of benzene rings is 2. The fourth-order valence-electron chi connectivity index (χ4n) is 2.00. The third kappa shape index (κ3) is 2.68. The number of aryl methyl sites for hydroxylation is 1. The van der Waals surface area contributed by atoms with Crippen LogP contribution in [0, 0.1) is 17.0 Å². The fourth-order valence-corrected chi connectivity index (χ4v) is 2.12. The number of halogens is 1. The first-order chi connectivity index (χ1) is 10.5. The first kappa shape index (κ1) is 14.2. The molecule has 7 heteroatoms. The zero-order valence-corrected chi connectivity index (χ0v) is 12.2. The molecule has 0 bridgehead atoms. The molecule has 1 aromatic heterocycles. The molecule has 0 saturated carbocycles. The molecular weight excluding hydrogens is 306 g/mol. The molecule has 0 aliphatic carbocycles. The van der Waals surface area contributed by atoms with E-state index in [1.54, 1.807) is 43.3 Å². The van der Waals surface area contributed by atoms with Gasteiger partial charge in [-0.1, -0.05) is 22.8 Å². The summed E-state index contributed by atoms with van der Waals surface area (Å²) in [6, 6.07) is 11.8. The van der Waals surface area contributed by atoms with Gasteiger partial charge >= 0.3 is 0 Å². The summed E-state index contributed by atoms with van der Waals surface area (Å²) in [6.45, 7) is 1.68. The van der Waals surface area contributed by atoms with Gasteiger partial charge in [0.1, 0.15) is 0 Å². The van der Waals surface area contributed by atoms with Gasteiger partial charge in [0, 0.05) is 27.8 Å². The predicted molar refractivity (Wildman–Crippen MR) is 81.6 cm³/mol. The lowest BCUT2D eigenvalue weighted by atomic mass is 10.1. The standard InChI is InChI=1S/C15H10ClN3O3/c1-9-2-3-11(8-13(9)19(20)21)15-17-14(18-22-15)10-4-6-12(16)7-5-10/h2-8H,1H3. The molecule has 0 N–H and O–H groups in total. The zero-order valence-electron chi connectivity index (χ0n) is 11.5. The molecule has 0 aliphatic rings. The van der Waals surface area contributed by atoms with Crippen LogP contribution in [0.2, 0.25) is 5.02 Å². The molecule has 0 fully saturated rings. The molecule has 0 unspecified atom stereocenters. The normalized spacial score (nSPS) is 10.6. The van der Waals surface area contributed by atoms with E-state index in [2.05, 4.69) is 10.1 Å². The van der Waals surface area contributed by atoms with Gasteiger partial charge in [-0.3, -0.25) is 10.1 Å². The van der Waals surface area contributed by atoms with Crippen molar-refractivity contribution in [3.63, 3.8) is 0 Å². The number of hydrogen-bond acceptors (Lipinski definition) is 5. The van der Waals surface area contributed by atoms with Crippen LogP contribution >= 0.6 is 11.6 Å². The quantitative estimate of drug-likeness (QED) is 0.532. The Labute approximate surface area is 130 Å². The van der Waals surface area contributed by atoms with Crippen LogP contribution in [0.5, 0.6) is 0 Å². The monoisotopic (exact) mass is 315 g/mol. The minimum atomic E-state index is -0.435. The molecule has 3 rings (SSSR count). The van der Waals surface area contributed by atoms with Gasteiger partial charge in [0.25, 0.3) is 11.6 Å². The van der Waals surface area contributed by atoms with Crippen LogP contribution in [0.1, 0.15) is 5.56 Å². The second-order valence-electron chi connectivity index (χ2n) is 4.69. The number of nitro groups is 1. The van der Waals surface area contributed by atoms with E-state index < -0.39 is 4.92 Å². The fraction of sp³-hybridized carbons (Fsp3) is 0.0667. The molecule has 0 saturated heterocycles. The van der Waals surface area contributed by atoms with Crippen molar-refractivity contribution in [1.29, 1.82) is 0 Å². The van der Waals surface area contributed by atoms with E-state index in [-0.39, 0.29) is 11.6 Å². The Morgan fingerprint density at radius 2 is 1.82 bits per heavy atom. The van der Waals surface area contributed by atoms with Crippen LogP contribution in [0.15, 0.2) is 47.0 Å². The molecule has 0 spiro atoms. The Balaban J connectivity index is 1.99. The highest BCUT2D eigenvalue weighted by atomic mass is 35.5. The Hall–Kier alpha value is -2.73. The maximum Gasteiger partial charge on any atom is 0.273 e. The summed E-state index contributed by atoms with van der Waals surface area (Å²) < 4.78 is 5.19. The molecule has 2 aromatic carbocycles. The third-order valence-electron chi connectivity index (χ3n) is 3.18. The average Bonchev–Trinajstić information content (AvgIpc) is 2.98. The van der Waals surface area contributed by atoms with Gasteiger partial charge in [0.05, 0.1) is 4.92 Å². The van der Waals surface area contributed by atoms with Crippen LogP contribution < -0.4 is 0 Å². The van der Waals surface area contributed by atoms with E-state index >= 15 is 0 Å². The Morgan fingerprint density at radius 3 is 2.50 bits per heavy atom. The van der Waals surface area contributed by atoms with Crippen LogP contribution in [-0.2, 0) is 0 Å². The van der Waals surface area contributed by atoms with E-state index in [1.807, 2.05) is 0 Å². The number of nitro benzene ring substituents is 1. The van der Waals surface area contributed by atoms with Crippen molar-refractivity contribution >= 4 is 17.3 Å². The summed E-state index contributed by atoms with van der Waals surface area (Å²) in [6.07, 6.45) is 0. The summed E-state index contributed by atoms with van der Waals surface area (Å²) in [4.78, 5) is 14.8. The molecule has 0 radical (unpaired) electrons. The van der Waals surface area contributed by atoms with Crippen molar-refractivity contribution in [3.05, 3.63) is 63.2 Å². The Kier molecular flexibility index (Phi) is 3.60. The second kappa shape index (κ2) is 5.57. The van der Waals surface area contributed by atoms with Crippen molar-refractivity contribution in [3.8, 4) is 22.8 Å². The second-order valence-corrected chi connectivity index (χ2v) is 5.12. The predicted octanol–water partition coefficient (Wildman–Crippen LogP) is 4.27. The molecule has 0 atom stereocenters. The van der Waals surface area contributed by atoms with Crippen molar-refractivity contribution < 1.29 is 9.45 Å². The van der Waals surface area contributed by atoms with Crippen LogP contribution in [0.25, 0.3) is 22.8 Å². The van der Waals surface area contributed by atoms with Gasteiger partial charge in [-0.25, -0.2) is 0 Å². The molecule has 0 aliphatic heterocycles. The first-order valence-corrected chi connectivity index (χ1v) is 6.77. The summed E-state index contributed by atoms with van der Waals surface area (Å²) in [5.41, 5.74) is 1.85. The number of hydrogen-bond donors (Lipinski definition) is 0. The van der Waals surface area contributed by atoms with E-state index in [0.29, 0.717) is 22.0 Å². The van der Waals surface area contributed by atoms with Crippen molar-refractivity contribution in [2.75, 3.05) is 0 Å². The van der Waals surface area contributed by atoms with E-state index in [0.717, 1.165) is 5.56 Å². The lowest BCUT2D eigenvalue weighted by molar-refractivity contribution is -0.385. The maximum absolute atomic E-state index is 11.0. The van der Waals surface area contributed by atoms with E-state index in [9.17, 15) is 10.1 Å². The van der Waals surface area contributed by atoms with Crippen LogP contribution in [0.3, 0.4) is 0 Å². The number of nitrogens with zero attached hydrogens (tertiary/aromatic N) is 3. The van der Waals surface area contributed by atoms with Gasteiger partial charge < -0.3 is 4.52 Å². The van der Waals surface area contributed by atoms with Crippen molar-refractivity contribution in [2.45, 2.75) is 6.92 Å². The summed E-state index contributed by atoms with van der Waals surface area (Å²) >= 11 is 5.83. The molecule has 22 heavy (non-hydrogen) atoms. The molecule has 3 aromatic rings. The maximum atomic E-state index is 11.0. The highest BCUT2D eigenvalue weighted by Gasteiger charge is 2.16. The van der Waals surface area contributed by atoms with Gasteiger partial charge in [-0.15, -0.1) is 0 Å². The zero-order chi connectivity index (χ0) is 15.7. The number of rotatable bonds is 3. The summed E-state index contributed by atoms with van der Waals surface area (Å²) in [5.74, 6) is 0.628. The Morgan fingerprint density at radius 1 is 1.14 bits per heavy atom. The summed E-state index contributed by atoms with van der Waals surface area (Å²) in [5, 5.41) is 15.5. The van der Waals surface area contributed by atoms with Gasteiger partial charge in [0.2, 0.25) is 5.82 Å². The Bertz CT molecular complexity index is 843. The third-order valence-corrected chi connectivity index (χ3v) is 3.43. The van der Waals surface area contributed by atoms with E-state index in [1.165, 1.54) is 6.07 Å².